The van der Waals surface area contributed by atoms with E-state index in [-0.39, 0.29) is 24.0 Å². The molecule has 1 aromatic rings. The Morgan fingerprint density at radius 3 is 2.41 bits per heavy atom. The van der Waals surface area contributed by atoms with Crippen LogP contribution in [0, 0.1) is 12.8 Å². The molecular weight excluding hydrogens is 430 g/mol. The second-order valence-electron chi connectivity index (χ2n) is 9.84. The van der Waals surface area contributed by atoms with Gasteiger partial charge in [0.1, 0.15) is 11.9 Å². The van der Waals surface area contributed by atoms with Crippen molar-refractivity contribution in [2.45, 2.75) is 46.1 Å². The molecule has 2 saturated heterocycles. The molecule has 3 heterocycles. The van der Waals surface area contributed by atoms with Gasteiger partial charge in [-0.1, -0.05) is 19.9 Å². The number of piperidine rings is 1. The van der Waals surface area contributed by atoms with Crippen LogP contribution in [0.3, 0.4) is 0 Å². The molecule has 34 heavy (non-hydrogen) atoms. The Hall–Kier alpha value is -2.32. The summed E-state index contributed by atoms with van der Waals surface area (Å²) >= 11 is 0. The van der Waals surface area contributed by atoms with Gasteiger partial charge in [-0.25, -0.2) is 4.79 Å². The number of hydrogen-bond acceptors (Lipinski definition) is 5. The van der Waals surface area contributed by atoms with Crippen molar-refractivity contribution < 1.29 is 14.3 Å². The molecular formula is C26H41N5O3. The van der Waals surface area contributed by atoms with E-state index in [0.717, 1.165) is 75.5 Å². The van der Waals surface area contributed by atoms with Crippen molar-refractivity contribution in [3.8, 4) is 5.75 Å². The number of fused-ring (bicyclic) bond motifs is 1. The van der Waals surface area contributed by atoms with E-state index in [1.165, 1.54) is 0 Å². The lowest BCUT2D eigenvalue weighted by molar-refractivity contribution is -0.126. The summed E-state index contributed by atoms with van der Waals surface area (Å²) in [5.41, 5.74) is 1.96. The fourth-order valence-electron chi connectivity index (χ4n) is 5.16. The number of hydrogen-bond donors (Lipinski definition) is 1. The summed E-state index contributed by atoms with van der Waals surface area (Å²) in [6.07, 6.45) is 2.30. The van der Waals surface area contributed by atoms with E-state index in [4.69, 9.17) is 4.74 Å². The molecule has 1 N–H and O–H groups in total. The Labute approximate surface area is 204 Å². The van der Waals surface area contributed by atoms with Crippen LogP contribution in [-0.2, 0) is 4.79 Å². The Morgan fingerprint density at radius 1 is 1.03 bits per heavy atom. The zero-order valence-electron chi connectivity index (χ0n) is 21.1. The summed E-state index contributed by atoms with van der Waals surface area (Å²) in [6, 6.07) is 6.04. The van der Waals surface area contributed by atoms with Crippen LogP contribution in [0.5, 0.6) is 5.75 Å². The van der Waals surface area contributed by atoms with Crippen LogP contribution < -0.4 is 15.0 Å². The largest absolute Gasteiger partial charge is 0.486 e. The predicted molar refractivity (Wildman–Crippen MR) is 134 cm³/mol. The van der Waals surface area contributed by atoms with Gasteiger partial charge in [-0.3, -0.25) is 14.6 Å². The molecule has 3 aliphatic heterocycles. The molecule has 1 aromatic carbocycles. The van der Waals surface area contributed by atoms with E-state index < -0.39 is 0 Å². The first-order valence-electron chi connectivity index (χ1n) is 13.0. The molecule has 0 aliphatic carbocycles. The summed E-state index contributed by atoms with van der Waals surface area (Å²) in [4.78, 5) is 34.8. The number of anilines is 1. The highest BCUT2D eigenvalue weighted by Gasteiger charge is 2.34. The van der Waals surface area contributed by atoms with Gasteiger partial charge in [0.2, 0.25) is 5.91 Å². The minimum atomic E-state index is -0.0106. The molecule has 1 atom stereocenters. The van der Waals surface area contributed by atoms with E-state index in [0.29, 0.717) is 26.2 Å². The van der Waals surface area contributed by atoms with Crippen molar-refractivity contribution in [3.63, 3.8) is 0 Å². The van der Waals surface area contributed by atoms with Crippen molar-refractivity contribution in [1.29, 1.82) is 0 Å². The van der Waals surface area contributed by atoms with E-state index >= 15 is 0 Å². The van der Waals surface area contributed by atoms with Gasteiger partial charge in [0.15, 0.2) is 0 Å². The Morgan fingerprint density at radius 2 is 1.74 bits per heavy atom. The highest BCUT2D eigenvalue weighted by atomic mass is 16.5. The topological polar surface area (TPSA) is 68.4 Å². The second kappa shape index (κ2) is 11.4. The molecule has 3 aliphatic rings. The van der Waals surface area contributed by atoms with Gasteiger partial charge in [-0.2, -0.15) is 0 Å². The molecule has 0 radical (unpaired) electrons. The number of benzene rings is 1. The predicted octanol–water partition coefficient (Wildman–Crippen LogP) is 2.56. The first-order valence-corrected chi connectivity index (χ1v) is 13.0. The average molecular weight is 472 g/mol. The van der Waals surface area contributed by atoms with Gasteiger partial charge in [0, 0.05) is 58.3 Å². The van der Waals surface area contributed by atoms with Crippen molar-refractivity contribution in [3.05, 3.63) is 23.8 Å². The maximum absolute atomic E-state index is 13.4. The number of nitrogens with zero attached hydrogens (tertiary/aromatic N) is 4. The van der Waals surface area contributed by atoms with Crippen LogP contribution in [0.2, 0.25) is 0 Å². The SMILES string of the molecule is CC[C@@H]1CN(C(=O)N2CCC(C(=O)NCCN3CCN(CC)CC3)CC2)c2cc(C)ccc2O1. The lowest BCUT2D eigenvalue weighted by Crippen LogP contribution is -2.52. The average Bonchev–Trinajstić information content (AvgIpc) is 2.88. The Kier molecular flexibility index (Phi) is 8.32. The number of piperazine rings is 1. The number of urea groups is 1. The van der Waals surface area contributed by atoms with Crippen molar-refractivity contribution in [2.75, 3.05) is 70.3 Å². The quantitative estimate of drug-likeness (QED) is 0.691. The number of amides is 3. The van der Waals surface area contributed by atoms with Gasteiger partial charge in [0.25, 0.3) is 0 Å². The molecule has 188 valence electrons. The van der Waals surface area contributed by atoms with Crippen LogP contribution >= 0.6 is 0 Å². The number of likely N-dealkylation sites (tertiary alicyclic amines) is 1. The molecule has 0 aromatic heterocycles. The maximum Gasteiger partial charge on any atom is 0.324 e. The summed E-state index contributed by atoms with van der Waals surface area (Å²) in [6.45, 7) is 15.2. The molecule has 0 saturated carbocycles. The van der Waals surface area contributed by atoms with Crippen molar-refractivity contribution >= 4 is 17.6 Å². The standard InChI is InChI=1S/C26H41N5O3/c1-4-22-19-31(23-18-20(3)6-7-24(23)34-22)26(33)30-11-8-21(9-12-30)25(32)27-10-13-29-16-14-28(5-2)15-17-29/h6-7,18,21-22H,4-5,8-17,19H2,1-3H3,(H,27,32)/t22-/m1/s1. The lowest BCUT2D eigenvalue weighted by atomic mass is 9.96. The van der Waals surface area contributed by atoms with Gasteiger partial charge in [-0.15, -0.1) is 0 Å². The first kappa shape index (κ1) is 24.8. The smallest absolute Gasteiger partial charge is 0.324 e. The third-order valence-corrected chi connectivity index (χ3v) is 7.55. The monoisotopic (exact) mass is 471 g/mol. The normalized spacial score (nSPS) is 22.3. The lowest BCUT2D eigenvalue weighted by Gasteiger charge is -2.39. The third-order valence-electron chi connectivity index (χ3n) is 7.55. The minimum Gasteiger partial charge on any atom is -0.486 e. The number of ether oxygens (including phenoxy) is 1. The molecule has 4 rings (SSSR count). The summed E-state index contributed by atoms with van der Waals surface area (Å²) in [5, 5.41) is 3.14. The fourth-order valence-corrected chi connectivity index (χ4v) is 5.16. The van der Waals surface area contributed by atoms with E-state index in [1.54, 1.807) is 0 Å². The molecule has 8 heteroatoms. The zero-order chi connectivity index (χ0) is 24.1. The molecule has 2 fully saturated rings. The third kappa shape index (κ3) is 5.84. The van der Waals surface area contributed by atoms with Crippen LogP contribution in [0.15, 0.2) is 18.2 Å². The highest BCUT2D eigenvalue weighted by Crippen LogP contribution is 2.36. The first-order chi connectivity index (χ1) is 16.5. The van der Waals surface area contributed by atoms with Crippen LogP contribution in [0.4, 0.5) is 10.5 Å². The van der Waals surface area contributed by atoms with E-state index in [2.05, 4.69) is 29.0 Å². The number of aryl methyl sites for hydroxylation is 1. The summed E-state index contributed by atoms with van der Waals surface area (Å²) in [7, 11) is 0. The Balaban J connectivity index is 1.25. The molecule has 0 spiro atoms. The van der Waals surface area contributed by atoms with Gasteiger partial charge in [0.05, 0.1) is 12.2 Å². The minimum absolute atomic E-state index is 0.00687. The van der Waals surface area contributed by atoms with Crippen molar-refractivity contribution in [2.24, 2.45) is 5.92 Å². The zero-order valence-corrected chi connectivity index (χ0v) is 21.1. The number of nitrogens with one attached hydrogen (secondary N) is 1. The fraction of sp³-hybridized carbons (Fsp3) is 0.692. The molecule has 0 unspecified atom stereocenters. The van der Waals surface area contributed by atoms with E-state index in [1.807, 2.05) is 34.9 Å². The number of carbonyl (C=O) groups is 2. The second-order valence-corrected chi connectivity index (χ2v) is 9.84. The Bertz CT molecular complexity index is 847. The van der Waals surface area contributed by atoms with Crippen molar-refractivity contribution in [1.82, 2.24) is 20.0 Å². The number of likely N-dealkylation sites (N-methyl/N-ethyl adjacent to an activating group) is 1. The highest BCUT2D eigenvalue weighted by molar-refractivity contribution is 5.94. The summed E-state index contributed by atoms with van der Waals surface area (Å²) < 4.78 is 6.07. The van der Waals surface area contributed by atoms with E-state index in [9.17, 15) is 9.59 Å². The number of carbonyl (C=O) groups excluding carboxylic acids is 2. The maximum atomic E-state index is 13.4. The van der Waals surface area contributed by atoms with Crippen LogP contribution in [0.25, 0.3) is 0 Å². The molecule has 3 amide bonds. The molecule has 0 bridgehead atoms. The van der Waals surface area contributed by atoms with Gasteiger partial charge < -0.3 is 19.9 Å². The molecule has 8 nitrogen and oxygen atoms in total. The van der Waals surface area contributed by atoms with Gasteiger partial charge >= 0.3 is 6.03 Å². The van der Waals surface area contributed by atoms with Crippen LogP contribution in [-0.4, -0.2) is 98.2 Å². The summed E-state index contributed by atoms with van der Waals surface area (Å²) in [5.74, 6) is 0.906. The van der Waals surface area contributed by atoms with Gasteiger partial charge in [-0.05, 0) is 50.4 Å². The van der Waals surface area contributed by atoms with Crippen LogP contribution in [0.1, 0.15) is 38.7 Å². The number of rotatable bonds is 6.